The summed E-state index contributed by atoms with van der Waals surface area (Å²) in [7, 11) is 0. The predicted octanol–water partition coefficient (Wildman–Crippen LogP) is 2.73. The van der Waals surface area contributed by atoms with Crippen LogP contribution < -0.4 is 10.4 Å². The summed E-state index contributed by atoms with van der Waals surface area (Å²) >= 11 is 0. The van der Waals surface area contributed by atoms with Crippen molar-refractivity contribution >= 4 is 28.9 Å². The van der Waals surface area contributed by atoms with Crippen LogP contribution in [0, 0.1) is 0 Å². The zero-order chi connectivity index (χ0) is 20.8. The highest BCUT2D eigenvalue weighted by Crippen LogP contribution is 2.19. The van der Waals surface area contributed by atoms with Crippen LogP contribution in [0.25, 0.3) is 11.0 Å². The molecule has 0 amide bonds. The average molecular weight is 396 g/mol. The smallest absolute Gasteiger partial charge is 0.351 e. The van der Waals surface area contributed by atoms with Crippen LogP contribution in [0.5, 0.6) is 5.75 Å². The first-order valence-corrected chi connectivity index (χ1v) is 8.60. The molecule has 0 saturated heterocycles. The number of carbonyl (C=O) groups is 3. The third kappa shape index (κ3) is 4.86. The molecule has 0 unspecified atom stereocenters. The van der Waals surface area contributed by atoms with E-state index in [1.54, 1.807) is 36.4 Å². The van der Waals surface area contributed by atoms with Crippen LogP contribution in [0.4, 0.5) is 0 Å². The minimum absolute atomic E-state index is 0.0594. The molecule has 0 N–H and O–H groups in total. The Kier molecular flexibility index (Phi) is 6.03. The van der Waals surface area contributed by atoms with Crippen molar-refractivity contribution in [1.82, 2.24) is 0 Å². The Morgan fingerprint density at radius 3 is 2.21 bits per heavy atom. The molecule has 0 atom stereocenters. The first kappa shape index (κ1) is 19.8. The van der Waals surface area contributed by atoms with Gasteiger partial charge in [-0.3, -0.25) is 4.79 Å². The molecule has 8 heteroatoms. The lowest BCUT2D eigenvalue weighted by atomic mass is 10.2. The second-order valence-electron chi connectivity index (χ2n) is 5.85. The number of benzene rings is 2. The van der Waals surface area contributed by atoms with Gasteiger partial charge in [0.2, 0.25) is 0 Å². The molecule has 3 aromatic rings. The standard InChI is InChI=1S/C21H16O8/c1-13(22)28-18-9-5-3-7-15(18)19(23)26-10-11-27-20(24)16-12-14-6-2-4-8-17(14)29-21(16)25/h2-9,12H,10-11H2,1H3. The maximum absolute atomic E-state index is 12.1. The van der Waals surface area contributed by atoms with Crippen molar-refractivity contribution in [3.05, 3.63) is 76.1 Å². The third-order valence-electron chi connectivity index (χ3n) is 3.77. The number of ether oxygens (including phenoxy) is 3. The van der Waals surface area contributed by atoms with Gasteiger partial charge in [-0.1, -0.05) is 30.3 Å². The normalized spacial score (nSPS) is 10.4. The van der Waals surface area contributed by atoms with Gasteiger partial charge in [-0.2, -0.15) is 0 Å². The predicted molar refractivity (Wildman–Crippen MR) is 101 cm³/mol. The number of fused-ring (bicyclic) bond motifs is 1. The summed E-state index contributed by atoms with van der Waals surface area (Å²) in [6.45, 7) is 0.690. The third-order valence-corrected chi connectivity index (χ3v) is 3.77. The molecular formula is C21H16O8. The van der Waals surface area contributed by atoms with Crippen LogP contribution in [0.2, 0.25) is 0 Å². The molecule has 0 radical (unpaired) electrons. The second kappa shape index (κ2) is 8.83. The van der Waals surface area contributed by atoms with E-state index in [-0.39, 0.29) is 30.1 Å². The Hall–Kier alpha value is -3.94. The molecule has 0 saturated carbocycles. The number of para-hydroxylation sites is 2. The summed E-state index contributed by atoms with van der Waals surface area (Å²) in [5.74, 6) is -2.15. The number of carbonyl (C=O) groups excluding carboxylic acids is 3. The summed E-state index contributed by atoms with van der Waals surface area (Å²) in [6, 6.07) is 14.2. The molecule has 2 aromatic carbocycles. The Bertz CT molecular complexity index is 1130. The zero-order valence-corrected chi connectivity index (χ0v) is 15.4. The van der Waals surface area contributed by atoms with Crippen molar-refractivity contribution in [3.63, 3.8) is 0 Å². The minimum Gasteiger partial charge on any atom is -0.458 e. The highest BCUT2D eigenvalue weighted by molar-refractivity contribution is 5.94. The Labute approximate surface area is 164 Å². The number of hydrogen-bond donors (Lipinski definition) is 0. The van der Waals surface area contributed by atoms with Crippen molar-refractivity contribution in [2.24, 2.45) is 0 Å². The Morgan fingerprint density at radius 2 is 1.48 bits per heavy atom. The van der Waals surface area contributed by atoms with Gasteiger partial charge in [0.05, 0.1) is 0 Å². The van der Waals surface area contributed by atoms with E-state index in [0.717, 1.165) is 0 Å². The topological polar surface area (TPSA) is 109 Å². The molecule has 1 heterocycles. The van der Waals surface area contributed by atoms with Gasteiger partial charge in [-0.15, -0.1) is 0 Å². The van der Waals surface area contributed by atoms with Gasteiger partial charge in [-0.05, 0) is 24.3 Å². The van der Waals surface area contributed by atoms with E-state index in [1.807, 2.05) is 0 Å². The molecule has 29 heavy (non-hydrogen) atoms. The van der Waals surface area contributed by atoms with Crippen molar-refractivity contribution in [1.29, 1.82) is 0 Å². The fraction of sp³-hybridized carbons (Fsp3) is 0.143. The second-order valence-corrected chi connectivity index (χ2v) is 5.85. The van der Waals surface area contributed by atoms with Crippen molar-refractivity contribution < 1.29 is 33.0 Å². The monoisotopic (exact) mass is 396 g/mol. The molecule has 0 aliphatic carbocycles. The molecule has 0 fully saturated rings. The van der Waals surface area contributed by atoms with E-state index < -0.39 is 23.5 Å². The maximum Gasteiger partial charge on any atom is 0.351 e. The molecule has 0 aliphatic heterocycles. The minimum atomic E-state index is -0.888. The summed E-state index contributed by atoms with van der Waals surface area (Å²) in [5.41, 5.74) is -0.658. The van der Waals surface area contributed by atoms with E-state index in [1.165, 1.54) is 25.1 Å². The van der Waals surface area contributed by atoms with Crippen molar-refractivity contribution in [2.75, 3.05) is 13.2 Å². The molecular weight excluding hydrogens is 380 g/mol. The molecule has 3 rings (SSSR count). The van der Waals surface area contributed by atoms with Crippen LogP contribution >= 0.6 is 0 Å². The quantitative estimate of drug-likeness (QED) is 0.271. The Morgan fingerprint density at radius 1 is 0.862 bits per heavy atom. The van der Waals surface area contributed by atoms with Gasteiger partial charge < -0.3 is 18.6 Å². The molecule has 0 bridgehead atoms. The van der Waals surface area contributed by atoms with Gasteiger partial charge >= 0.3 is 23.5 Å². The van der Waals surface area contributed by atoms with Crippen molar-refractivity contribution in [2.45, 2.75) is 6.92 Å². The average Bonchev–Trinajstić information content (AvgIpc) is 2.70. The number of rotatable bonds is 6. The van der Waals surface area contributed by atoms with Crippen LogP contribution in [0.15, 0.2) is 63.8 Å². The van der Waals surface area contributed by atoms with Gasteiger partial charge in [0.25, 0.3) is 0 Å². The highest BCUT2D eigenvalue weighted by Gasteiger charge is 2.17. The Balaban J connectivity index is 1.58. The first-order chi connectivity index (χ1) is 14.0. The molecule has 0 spiro atoms. The molecule has 0 aliphatic rings. The summed E-state index contributed by atoms with van der Waals surface area (Å²) in [6.07, 6.45) is 0. The fourth-order valence-corrected chi connectivity index (χ4v) is 2.51. The van der Waals surface area contributed by atoms with E-state index in [9.17, 15) is 19.2 Å². The van der Waals surface area contributed by atoms with Gasteiger partial charge in [0.15, 0.2) is 0 Å². The molecule has 148 valence electrons. The lowest BCUT2D eigenvalue weighted by Crippen LogP contribution is -2.19. The lowest BCUT2D eigenvalue weighted by molar-refractivity contribution is -0.131. The summed E-state index contributed by atoms with van der Waals surface area (Å²) in [4.78, 5) is 47.3. The van der Waals surface area contributed by atoms with Crippen LogP contribution in [-0.4, -0.2) is 31.1 Å². The SMILES string of the molecule is CC(=O)Oc1ccccc1C(=O)OCCOC(=O)c1cc2ccccc2oc1=O. The number of hydrogen-bond acceptors (Lipinski definition) is 8. The largest absolute Gasteiger partial charge is 0.458 e. The number of esters is 3. The first-order valence-electron chi connectivity index (χ1n) is 8.60. The van der Waals surface area contributed by atoms with Gasteiger partial charge in [0.1, 0.15) is 35.7 Å². The fourth-order valence-electron chi connectivity index (χ4n) is 2.51. The molecule has 8 nitrogen and oxygen atoms in total. The van der Waals surface area contributed by atoms with E-state index in [0.29, 0.717) is 11.0 Å². The van der Waals surface area contributed by atoms with Crippen molar-refractivity contribution in [3.8, 4) is 5.75 Å². The summed E-state index contributed by atoms with van der Waals surface area (Å²) in [5, 5.41) is 0.576. The summed E-state index contributed by atoms with van der Waals surface area (Å²) < 4.78 is 20.0. The van der Waals surface area contributed by atoms with E-state index in [2.05, 4.69) is 0 Å². The maximum atomic E-state index is 12.1. The zero-order valence-electron chi connectivity index (χ0n) is 15.4. The van der Waals surface area contributed by atoms with Crippen LogP contribution in [0.1, 0.15) is 27.6 Å². The van der Waals surface area contributed by atoms with Gasteiger partial charge in [0, 0.05) is 12.3 Å². The lowest BCUT2D eigenvalue weighted by Gasteiger charge is -2.09. The van der Waals surface area contributed by atoms with Crippen LogP contribution in [0.3, 0.4) is 0 Å². The van der Waals surface area contributed by atoms with E-state index >= 15 is 0 Å². The van der Waals surface area contributed by atoms with Crippen LogP contribution in [-0.2, 0) is 14.3 Å². The molecule has 1 aromatic heterocycles. The highest BCUT2D eigenvalue weighted by atomic mass is 16.6. The van der Waals surface area contributed by atoms with E-state index in [4.69, 9.17) is 18.6 Å². The van der Waals surface area contributed by atoms with Gasteiger partial charge in [-0.25, -0.2) is 14.4 Å².